The van der Waals surface area contributed by atoms with Crippen LogP contribution in [0.4, 0.5) is 0 Å². The molecule has 2 aromatic carbocycles. The summed E-state index contributed by atoms with van der Waals surface area (Å²) in [5.41, 5.74) is 8.47. The summed E-state index contributed by atoms with van der Waals surface area (Å²) in [7, 11) is 0. The Balaban J connectivity index is 1.77. The lowest BCUT2D eigenvalue weighted by Gasteiger charge is -2.41. The number of benzene rings is 2. The second kappa shape index (κ2) is 7.23. The van der Waals surface area contributed by atoms with Crippen LogP contribution < -0.4 is 5.73 Å². The van der Waals surface area contributed by atoms with Gasteiger partial charge in [-0.1, -0.05) is 66.4 Å². The van der Waals surface area contributed by atoms with Crippen LogP contribution in [0.15, 0.2) is 48.5 Å². The molecule has 0 saturated heterocycles. The molecule has 2 nitrogen and oxygen atoms in total. The zero-order chi connectivity index (χ0) is 16.3. The van der Waals surface area contributed by atoms with E-state index < -0.39 is 5.54 Å². The average Bonchev–Trinajstić information content (AvgIpc) is 2.54. The zero-order valence-electron chi connectivity index (χ0n) is 13.0. The van der Waals surface area contributed by atoms with Crippen LogP contribution in [0.3, 0.4) is 0 Å². The van der Waals surface area contributed by atoms with Crippen molar-refractivity contribution >= 4 is 23.2 Å². The van der Waals surface area contributed by atoms with Crippen molar-refractivity contribution in [2.24, 2.45) is 5.73 Å². The minimum atomic E-state index is -0.429. The van der Waals surface area contributed by atoms with Gasteiger partial charge in [-0.05, 0) is 42.2 Å². The first-order valence-corrected chi connectivity index (χ1v) is 8.74. The molecule has 0 heterocycles. The van der Waals surface area contributed by atoms with Gasteiger partial charge in [-0.3, -0.25) is 0 Å². The van der Waals surface area contributed by atoms with Crippen molar-refractivity contribution in [2.75, 3.05) is 0 Å². The normalized spacial score (nSPS) is 24.6. The van der Waals surface area contributed by atoms with Gasteiger partial charge in [0, 0.05) is 10.0 Å². The van der Waals surface area contributed by atoms with Gasteiger partial charge in [0.25, 0.3) is 0 Å². The van der Waals surface area contributed by atoms with Crippen LogP contribution in [0.2, 0.25) is 10.0 Å². The molecule has 2 atom stereocenters. The Labute approximate surface area is 147 Å². The molecule has 4 heteroatoms. The minimum Gasteiger partial charge on any atom is -0.371 e. The predicted molar refractivity (Wildman–Crippen MR) is 95.8 cm³/mol. The van der Waals surface area contributed by atoms with Crippen molar-refractivity contribution in [3.8, 4) is 0 Å². The molecule has 2 unspecified atom stereocenters. The van der Waals surface area contributed by atoms with E-state index in [0.717, 1.165) is 36.8 Å². The Morgan fingerprint density at radius 3 is 2.43 bits per heavy atom. The summed E-state index contributed by atoms with van der Waals surface area (Å²) < 4.78 is 6.21. The third-order valence-corrected chi connectivity index (χ3v) is 5.00. The summed E-state index contributed by atoms with van der Waals surface area (Å²) in [6, 6.07) is 15.8. The smallest absolute Gasteiger partial charge is 0.0800 e. The molecule has 0 bridgehead atoms. The lowest BCUT2D eigenvalue weighted by atomic mass is 9.75. The monoisotopic (exact) mass is 349 g/mol. The first-order valence-electron chi connectivity index (χ1n) is 7.99. The molecule has 0 aromatic heterocycles. The molecule has 0 amide bonds. The fourth-order valence-corrected chi connectivity index (χ4v) is 3.94. The highest BCUT2D eigenvalue weighted by Crippen LogP contribution is 2.37. The van der Waals surface area contributed by atoms with E-state index in [2.05, 4.69) is 12.1 Å². The summed E-state index contributed by atoms with van der Waals surface area (Å²) in [5, 5.41) is 1.25. The Morgan fingerprint density at radius 1 is 1.04 bits per heavy atom. The Bertz CT molecular complexity index is 641. The van der Waals surface area contributed by atoms with Crippen molar-refractivity contribution in [3.63, 3.8) is 0 Å². The second-order valence-corrected chi connectivity index (χ2v) is 7.10. The summed E-state index contributed by atoms with van der Waals surface area (Å²) >= 11 is 12.1. The molecule has 2 N–H and O–H groups in total. The maximum absolute atomic E-state index is 6.77. The Hall–Kier alpha value is -1.06. The SMILES string of the molecule is NC1(c2ccccc2)CCCCC1OCc1cc(Cl)cc(Cl)c1. The average molecular weight is 350 g/mol. The maximum Gasteiger partial charge on any atom is 0.0800 e. The van der Waals surface area contributed by atoms with Gasteiger partial charge in [0.1, 0.15) is 0 Å². The molecule has 0 radical (unpaired) electrons. The fraction of sp³-hybridized carbons (Fsp3) is 0.368. The Kier molecular flexibility index (Phi) is 5.27. The summed E-state index contributed by atoms with van der Waals surface area (Å²) in [6.07, 6.45) is 4.19. The van der Waals surface area contributed by atoms with Crippen LogP contribution in [0.1, 0.15) is 36.8 Å². The van der Waals surface area contributed by atoms with Crippen LogP contribution in [0.5, 0.6) is 0 Å². The topological polar surface area (TPSA) is 35.2 Å². The first-order chi connectivity index (χ1) is 11.1. The van der Waals surface area contributed by atoms with Crippen LogP contribution >= 0.6 is 23.2 Å². The van der Waals surface area contributed by atoms with Crippen molar-refractivity contribution in [3.05, 3.63) is 69.7 Å². The minimum absolute atomic E-state index is 0.00333. The summed E-state index contributed by atoms with van der Waals surface area (Å²) in [6.45, 7) is 0.469. The van der Waals surface area contributed by atoms with Crippen LogP contribution in [-0.2, 0) is 16.9 Å². The van der Waals surface area contributed by atoms with Gasteiger partial charge in [-0.15, -0.1) is 0 Å². The summed E-state index contributed by atoms with van der Waals surface area (Å²) in [4.78, 5) is 0. The van der Waals surface area contributed by atoms with Gasteiger partial charge in [0.05, 0.1) is 18.2 Å². The summed E-state index contributed by atoms with van der Waals surface area (Å²) in [5.74, 6) is 0. The molecule has 23 heavy (non-hydrogen) atoms. The van der Waals surface area contributed by atoms with Gasteiger partial charge >= 0.3 is 0 Å². The van der Waals surface area contributed by atoms with E-state index in [1.165, 1.54) is 0 Å². The van der Waals surface area contributed by atoms with Gasteiger partial charge in [-0.25, -0.2) is 0 Å². The fourth-order valence-electron chi connectivity index (χ4n) is 3.37. The third-order valence-electron chi connectivity index (χ3n) is 4.57. The van der Waals surface area contributed by atoms with E-state index in [9.17, 15) is 0 Å². The molecule has 3 rings (SSSR count). The largest absolute Gasteiger partial charge is 0.371 e. The third kappa shape index (κ3) is 3.89. The molecule has 1 fully saturated rings. The van der Waals surface area contributed by atoms with Gasteiger partial charge in [-0.2, -0.15) is 0 Å². The van der Waals surface area contributed by atoms with E-state index in [1.54, 1.807) is 6.07 Å². The van der Waals surface area contributed by atoms with E-state index in [-0.39, 0.29) is 6.10 Å². The van der Waals surface area contributed by atoms with Crippen LogP contribution in [0.25, 0.3) is 0 Å². The highest BCUT2D eigenvalue weighted by atomic mass is 35.5. The van der Waals surface area contributed by atoms with E-state index in [4.69, 9.17) is 33.7 Å². The Morgan fingerprint density at radius 2 is 1.74 bits per heavy atom. The van der Waals surface area contributed by atoms with Crippen molar-refractivity contribution in [2.45, 2.75) is 43.9 Å². The quantitative estimate of drug-likeness (QED) is 0.811. The number of hydrogen-bond donors (Lipinski definition) is 1. The first kappa shape index (κ1) is 16.8. The number of ether oxygens (including phenoxy) is 1. The molecular weight excluding hydrogens is 329 g/mol. The lowest BCUT2D eigenvalue weighted by molar-refractivity contribution is -0.0373. The van der Waals surface area contributed by atoms with E-state index in [1.807, 2.05) is 30.3 Å². The highest BCUT2D eigenvalue weighted by Gasteiger charge is 2.39. The van der Waals surface area contributed by atoms with Crippen molar-refractivity contribution in [1.82, 2.24) is 0 Å². The maximum atomic E-state index is 6.77. The molecule has 1 saturated carbocycles. The lowest BCUT2D eigenvalue weighted by Crippen LogP contribution is -2.51. The second-order valence-electron chi connectivity index (χ2n) is 6.23. The molecule has 2 aromatic rings. The van der Waals surface area contributed by atoms with Crippen molar-refractivity contribution in [1.29, 1.82) is 0 Å². The van der Waals surface area contributed by atoms with Crippen LogP contribution in [-0.4, -0.2) is 6.10 Å². The van der Waals surface area contributed by atoms with Gasteiger partial charge < -0.3 is 10.5 Å². The van der Waals surface area contributed by atoms with Crippen molar-refractivity contribution < 1.29 is 4.74 Å². The molecule has 0 aliphatic heterocycles. The van der Waals surface area contributed by atoms with E-state index >= 15 is 0 Å². The van der Waals surface area contributed by atoms with Crippen LogP contribution in [0, 0.1) is 0 Å². The molecular formula is C19H21Cl2NO. The number of rotatable bonds is 4. The molecule has 1 aliphatic rings. The standard InChI is InChI=1S/C19H21Cl2NO/c20-16-10-14(11-17(21)12-16)13-23-18-8-4-5-9-19(18,22)15-6-2-1-3-7-15/h1-3,6-7,10-12,18H,4-5,8-9,13,22H2. The number of hydrogen-bond acceptors (Lipinski definition) is 2. The molecule has 0 spiro atoms. The number of halogens is 2. The molecule has 1 aliphatic carbocycles. The highest BCUT2D eigenvalue weighted by molar-refractivity contribution is 6.34. The van der Waals surface area contributed by atoms with Gasteiger partial charge in [0.15, 0.2) is 0 Å². The predicted octanol–water partition coefficient (Wildman–Crippen LogP) is 5.31. The zero-order valence-corrected chi connectivity index (χ0v) is 14.5. The number of nitrogens with two attached hydrogens (primary N) is 1. The van der Waals surface area contributed by atoms with E-state index in [0.29, 0.717) is 16.7 Å². The van der Waals surface area contributed by atoms with Gasteiger partial charge in [0.2, 0.25) is 0 Å². The molecule has 122 valence electrons.